The van der Waals surface area contributed by atoms with Gasteiger partial charge in [0.1, 0.15) is 11.9 Å². The first-order chi connectivity index (χ1) is 15.7. The number of hydrogen-bond acceptors (Lipinski definition) is 5. The van der Waals surface area contributed by atoms with Crippen LogP contribution in [0.2, 0.25) is 0 Å². The fourth-order valence-electron chi connectivity index (χ4n) is 4.10. The van der Waals surface area contributed by atoms with E-state index in [1.165, 1.54) is 17.2 Å². The van der Waals surface area contributed by atoms with E-state index >= 15 is 0 Å². The van der Waals surface area contributed by atoms with Crippen LogP contribution in [0, 0.1) is 13.5 Å². The second-order valence-electron chi connectivity index (χ2n) is 8.12. The minimum Gasteiger partial charge on any atom is -0.383 e. The van der Waals surface area contributed by atoms with Crippen molar-refractivity contribution in [2.75, 3.05) is 5.73 Å². The normalized spacial score (nSPS) is 18.3. The van der Waals surface area contributed by atoms with Crippen molar-refractivity contribution in [3.63, 3.8) is 0 Å². The lowest BCUT2D eigenvalue weighted by molar-refractivity contribution is -0.137. The lowest BCUT2D eigenvalue weighted by atomic mass is 10.1. The molecule has 1 amide bonds. The molecule has 1 aliphatic rings. The van der Waals surface area contributed by atoms with Gasteiger partial charge in [-0.3, -0.25) is 9.78 Å². The van der Waals surface area contributed by atoms with Crippen LogP contribution in [0.5, 0.6) is 0 Å². The summed E-state index contributed by atoms with van der Waals surface area (Å²) in [5, 5.41) is 0.647. The molecule has 10 heteroatoms. The van der Waals surface area contributed by atoms with Crippen LogP contribution in [-0.4, -0.2) is 37.8 Å². The maximum atomic E-state index is 13.5. The third-order valence-electron chi connectivity index (χ3n) is 5.90. The molecule has 2 unspecified atom stereocenters. The zero-order valence-electron chi connectivity index (χ0n) is 17.8. The number of fused-ring (bicyclic) bond motifs is 1. The number of aryl methyl sites for hydroxylation is 1. The third-order valence-corrected chi connectivity index (χ3v) is 5.90. The highest BCUT2D eigenvalue weighted by molar-refractivity contribution is 5.97. The molecule has 4 rings (SSSR count). The molecule has 2 N–H and O–H groups in total. The molecule has 7 nitrogen and oxygen atoms in total. The molecular formula is C23H21F3N6O. The van der Waals surface area contributed by atoms with Crippen LogP contribution in [0.15, 0.2) is 36.7 Å². The number of pyridine rings is 3. The Morgan fingerprint density at radius 1 is 1.24 bits per heavy atom. The van der Waals surface area contributed by atoms with Gasteiger partial charge < -0.3 is 15.5 Å². The van der Waals surface area contributed by atoms with Crippen LogP contribution in [0.4, 0.5) is 19.0 Å². The van der Waals surface area contributed by atoms with E-state index in [1.807, 2.05) is 0 Å². The minimum absolute atomic E-state index is 0.00922. The van der Waals surface area contributed by atoms with Crippen LogP contribution in [0.1, 0.15) is 46.4 Å². The molecular weight excluding hydrogens is 433 g/mol. The summed E-state index contributed by atoms with van der Waals surface area (Å²) in [5.41, 5.74) is 6.75. The zero-order valence-corrected chi connectivity index (χ0v) is 17.8. The number of nitrogen functional groups attached to an aromatic ring is 1. The molecule has 0 radical (unpaired) electrons. The smallest absolute Gasteiger partial charge is 0.383 e. The van der Waals surface area contributed by atoms with Crippen molar-refractivity contribution in [1.29, 1.82) is 0 Å². The number of carbonyl (C=O) groups is 1. The van der Waals surface area contributed by atoms with E-state index in [4.69, 9.17) is 12.3 Å². The van der Waals surface area contributed by atoms with Gasteiger partial charge in [-0.05, 0) is 49.6 Å². The Kier molecular flexibility index (Phi) is 5.89. The fraction of sp³-hybridized carbons (Fsp3) is 0.348. The first-order valence-corrected chi connectivity index (χ1v) is 10.4. The maximum absolute atomic E-state index is 13.5. The van der Waals surface area contributed by atoms with Crippen LogP contribution in [0.3, 0.4) is 0 Å². The first kappa shape index (κ1) is 22.5. The van der Waals surface area contributed by atoms with E-state index in [2.05, 4.69) is 19.8 Å². The van der Waals surface area contributed by atoms with Crippen LogP contribution < -0.4 is 5.73 Å². The number of hydrogen-bond donors (Lipinski definition) is 1. The van der Waals surface area contributed by atoms with Gasteiger partial charge >= 0.3 is 6.18 Å². The number of nitrogens with zero attached hydrogens (tertiary/aromatic N) is 5. The Hall–Kier alpha value is -3.74. The Bertz CT molecular complexity index is 1240. The Morgan fingerprint density at radius 3 is 2.70 bits per heavy atom. The zero-order chi connectivity index (χ0) is 23.8. The highest BCUT2D eigenvalue weighted by Gasteiger charge is 2.40. The van der Waals surface area contributed by atoms with Crippen molar-refractivity contribution < 1.29 is 18.0 Å². The summed E-state index contributed by atoms with van der Waals surface area (Å²) in [4.78, 5) is 31.2. The number of alkyl halides is 3. The van der Waals surface area contributed by atoms with Crippen molar-refractivity contribution in [3.05, 3.63) is 70.5 Å². The van der Waals surface area contributed by atoms with Gasteiger partial charge in [-0.1, -0.05) is 0 Å². The second-order valence-corrected chi connectivity index (χ2v) is 8.12. The summed E-state index contributed by atoms with van der Waals surface area (Å²) in [6.07, 6.45) is -0.237. The van der Waals surface area contributed by atoms with Gasteiger partial charge in [0.15, 0.2) is 5.65 Å². The summed E-state index contributed by atoms with van der Waals surface area (Å²) in [6, 6.07) is 4.93. The van der Waals surface area contributed by atoms with Gasteiger partial charge in [-0.15, -0.1) is 0 Å². The van der Waals surface area contributed by atoms with Crippen LogP contribution in [-0.2, 0) is 12.7 Å². The van der Waals surface area contributed by atoms with Crippen molar-refractivity contribution >= 4 is 22.8 Å². The molecule has 0 bridgehead atoms. The number of amides is 1. The number of halogens is 3. The maximum Gasteiger partial charge on any atom is 0.417 e. The fourth-order valence-corrected chi connectivity index (χ4v) is 4.10. The van der Waals surface area contributed by atoms with Gasteiger partial charge in [0.2, 0.25) is 6.04 Å². The Labute approximate surface area is 188 Å². The molecule has 33 heavy (non-hydrogen) atoms. The van der Waals surface area contributed by atoms with Gasteiger partial charge in [-0.2, -0.15) is 13.2 Å². The van der Waals surface area contributed by atoms with Crippen molar-refractivity contribution in [1.82, 2.24) is 19.9 Å². The van der Waals surface area contributed by atoms with E-state index in [-0.39, 0.29) is 24.5 Å². The summed E-state index contributed by atoms with van der Waals surface area (Å²) in [5.74, 6) is -0.00365. The lowest BCUT2D eigenvalue weighted by Gasteiger charge is -2.29. The topological polar surface area (TPSA) is 89.4 Å². The number of anilines is 1. The monoisotopic (exact) mass is 454 g/mol. The molecule has 2 atom stereocenters. The molecule has 1 saturated carbocycles. The molecule has 0 aliphatic heterocycles. The average molecular weight is 454 g/mol. The molecule has 3 heterocycles. The van der Waals surface area contributed by atoms with E-state index in [1.54, 1.807) is 19.1 Å². The van der Waals surface area contributed by atoms with Gasteiger partial charge in [0.25, 0.3) is 5.91 Å². The van der Waals surface area contributed by atoms with Gasteiger partial charge in [0.05, 0.1) is 23.4 Å². The number of nitrogens with two attached hydrogens (primary N) is 1. The van der Waals surface area contributed by atoms with Crippen molar-refractivity contribution in [2.45, 2.75) is 51.0 Å². The largest absolute Gasteiger partial charge is 0.417 e. The molecule has 3 aromatic heterocycles. The number of rotatable bonds is 4. The van der Waals surface area contributed by atoms with Gasteiger partial charge in [-0.25, -0.2) is 16.5 Å². The Morgan fingerprint density at radius 2 is 2.03 bits per heavy atom. The third kappa shape index (κ3) is 4.58. The van der Waals surface area contributed by atoms with Crippen molar-refractivity contribution in [3.8, 4) is 0 Å². The van der Waals surface area contributed by atoms with Crippen LogP contribution >= 0.6 is 0 Å². The molecule has 0 aromatic carbocycles. The summed E-state index contributed by atoms with van der Waals surface area (Å²) in [6.45, 7) is 9.31. The second kappa shape index (κ2) is 8.65. The van der Waals surface area contributed by atoms with Crippen LogP contribution in [0.25, 0.3) is 15.9 Å². The number of carbonyl (C=O) groups excluding carboxylic acids is 1. The van der Waals surface area contributed by atoms with E-state index < -0.39 is 11.7 Å². The van der Waals surface area contributed by atoms with E-state index in [9.17, 15) is 18.0 Å². The first-order valence-electron chi connectivity index (χ1n) is 10.4. The quantitative estimate of drug-likeness (QED) is 0.590. The molecule has 1 fully saturated rings. The minimum atomic E-state index is -4.49. The predicted octanol–water partition coefficient (Wildman–Crippen LogP) is 4.42. The SMILES string of the molecule is [C-]#[N+]C1CCCC1N(Cc1ccc(C(F)(F)F)cn1)C(=O)c1cnc2nc(N)c(C)cc2c1. The molecule has 3 aromatic rings. The summed E-state index contributed by atoms with van der Waals surface area (Å²) < 4.78 is 38.7. The molecule has 170 valence electrons. The average Bonchev–Trinajstić information content (AvgIpc) is 3.26. The highest BCUT2D eigenvalue weighted by Crippen LogP contribution is 2.31. The van der Waals surface area contributed by atoms with Crippen molar-refractivity contribution in [2.24, 2.45) is 0 Å². The summed E-state index contributed by atoms with van der Waals surface area (Å²) in [7, 11) is 0. The standard InChI is InChI=1S/C23H21F3N6O/c1-13-8-14-9-15(10-30-21(14)31-20(13)27)22(33)32(19-5-3-4-18(19)28-2)12-17-7-6-16(11-29-17)23(24,25)26/h6-11,18-19H,3-5,12H2,1H3,(H2,27,30,31). The molecule has 0 spiro atoms. The summed E-state index contributed by atoms with van der Waals surface area (Å²) >= 11 is 0. The number of aromatic nitrogens is 3. The highest BCUT2D eigenvalue weighted by atomic mass is 19.4. The van der Waals surface area contributed by atoms with Gasteiger partial charge in [0, 0.05) is 24.2 Å². The lowest BCUT2D eigenvalue weighted by Crippen LogP contribution is -2.43. The Balaban J connectivity index is 1.69. The van der Waals surface area contributed by atoms with E-state index in [0.29, 0.717) is 41.0 Å². The molecule has 1 aliphatic carbocycles. The predicted molar refractivity (Wildman–Crippen MR) is 116 cm³/mol. The molecule has 0 saturated heterocycles. The van der Waals surface area contributed by atoms with E-state index in [0.717, 1.165) is 24.2 Å².